The third kappa shape index (κ3) is 2.65. The van der Waals surface area contributed by atoms with Crippen LogP contribution >= 0.6 is 15.9 Å². The minimum absolute atomic E-state index is 0.0452. The molecule has 0 saturated heterocycles. The van der Waals surface area contributed by atoms with E-state index in [1.165, 1.54) is 12.1 Å². The van der Waals surface area contributed by atoms with Crippen molar-refractivity contribution in [2.24, 2.45) is 7.05 Å². The maximum absolute atomic E-state index is 10.7. The van der Waals surface area contributed by atoms with Gasteiger partial charge in [0.1, 0.15) is 0 Å². The van der Waals surface area contributed by atoms with Crippen molar-refractivity contribution in [1.82, 2.24) is 15.0 Å². The first-order valence-electron chi connectivity index (χ1n) is 5.09. The molecule has 0 aliphatic carbocycles. The molecule has 0 unspecified atom stereocenters. The average molecular weight is 312 g/mol. The zero-order valence-electron chi connectivity index (χ0n) is 9.50. The van der Waals surface area contributed by atoms with Crippen molar-refractivity contribution in [2.75, 3.05) is 5.32 Å². The van der Waals surface area contributed by atoms with Gasteiger partial charge in [-0.25, -0.2) is 0 Å². The molecule has 2 rings (SSSR count). The molecular weight excluding hydrogens is 302 g/mol. The lowest BCUT2D eigenvalue weighted by Crippen LogP contribution is -2.06. The smallest absolute Gasteiger partial charge is 0.271 e. The van der Waals surface area contributed by atoms with Gasteiger partial charge < -0.3 is 5.32 Å². The van der Waals surface area contributed by atoms with E-state index in [0.29, 0.717) is 12.2 Å². The highest BCUT2D eigenvalue weighted by Crippen LogP contribution is 2.27. The molecule has 0 saturated carbocycles. The topological polar surface area (TPSA) is 85.9 Å². The SMILES string of the molecule is Cn1nncc1CNc1cc([N+](=O)[O-])ccc1Br. The minimum Gasteiger partial charge on any atom is -0.378 e. The van der Waals surface area contributed by atoms with E-state index in [-0.39, 0.29) is 5.69 Å². The quantitative estimate of drug-likeness (QED) is 0.690. The van der Waals surface area contributed by atoms with E-state index >= 15 is 0 Å². The monoisotopic (exact) mass is 311 g/mol. The summed E-state index contributed by atoms with van der Waals surface area (Å²) in [5.74, 6) is 0. The number of aromatic nitrogens is 3. The van der Waals surface area contributed by atoms with Gasteiger partial charge in [-0.05, 0) is 22.0 Å². The molecule has 7 nitrogen and oxygen atoms in total. The number of nitrogens with one attached hydrogen (secondary N) is 1. The summed E-state index contributed by atoms with van der Waals surface area (Å²) in [6.07, 6.45) is 1.64. The van der Waals surface area contributed by atoms with Crippen LogP contribution in [-0.2, 0) is 13.6 Å². The zero-order valence-corrected chi connectivity index (χ0v) is 11.1. The summed E-state index contributed by atoms with van der Waals surface area (Å²) >= 11 is 3.34. The molecule has 0 aliphatic heterocycles. The number of hydrogen-bond donors (Lipinski definition) is 1. The standard InChI is InChI=1S/C10H10BrN5O2/c1-15-8(6-13-14-15)5-12-10-4-7(16(17)18)2-3-9(10)11/h2-4,6,12H,5H2,1H3. The maximum atomic E-state index is 10.7. The fourth-order valence-corrected chi connectivity index (χ4v) is 1.81. The van der Waals surface area contributed by atoms with Gasteiger partial charge >= 0.3 is 0 Å². The summed E-state index contributed by atoms with van der Waals surface area (Å²) in [6.45, 7) is 0.489. The molecule has 18 heavy (non-hydrogen) atoms. The Labute approximate surface area is 111 Å². The molecule has 2 aromatic rings. The first-order chi connectivity index (χ1) is 8.58. The van der Waals surface area contributed by atoms with Crippen molar-refractivity contribution in [3.8, 4) is 0 Å². The molecule has 1 heterocycles. The van der Waals surface area contributed by atoms with Crippen LogP contribution < -0.4 is 5.32 Å². The van der Waals surface area contributed by atoms with Gasteiger partial charge in [-0.15, -0.1) is 5.10 Å². The van der Waals surface area contributed by atoms with E-state index in [9.17, 15) is 10.1 Å². The zero-order chi connectivity index (χ0) is 13.1. The van der Waals surface area contributed by atoms with E-state index in [1.807, 2.05) is 0 Å². The largest absolute Gasteiger partial charge is 0.378 e. The van der Waals surface area contributed by atoms with Crippen LogP contribution in [-0.4, -0.2) is 19.9 Å². The number of hydrogen-bond acceptors (Lipinski definition) is 5. The first kappa shape index (κ1) is 12.5. The van der Waals surface area contributed by atoms with Crippen molar-refractivity contribution in [3.63, 3.8) is 0 Å². The van der Waals surface area contributed by atoms with Gasteiger partial charge in [0.15, 0.2) is 0 Å². The summed E-state index contributed by atoms with van der Waals surface area (Å²) in [7, 11) is 1.78. The van der Waals surface area contributed by atoms with Crippen molar-refractivity contribution in [2.45, 2.75) is 6.54 Å². The van der Waals surface area contributed by atoms with E-state index in [1.54, 1.807) is 24.0 Å². The number of aryl methyl sites for hydroxylation is 1. The van der Waals surface area contributed by atoms with Gasteiger partial charge in [-0.1, -0.05) is 5.21 Å². The van der Waals surface area contributed by atoms with Crippen LogP contribution in [0.4, 0.5) is 11.4 Å². The molecule has 1 aromatic heterocycles. The van der Waals surface area contributed by atoms with Gasteiger partial charge in [0.25, 0.3) is 5.69 Å². The van der Waals surface area contributed by atoms with Crippen LogP contribution in [0.5, 0.6) is 0 Å². The molecule has 0 atom stereocenters. The molecule has 1 aromatic carbocycles. The predicted octanol–water partition coefficient (Wildman–Crippen LogP) is 2.10. The molecule has 1 N–H and O–H groups in total. The average Bonchev–Trinajstić information content (AvgIpc) is 2.73. The fourth-order valence-electron chi connectivity index (χ4n) is 1.42. The van der Waals surface area contributed by atoms with Crippen LogP contribution in [0.3, 0.4) is 0 Å². The Hall–Kier alpha value is -1.96. The van der Waals surface area contributed by atoms with Crippen LogP contribution in [0, 0.1) is 10.1 Å². The molecule has 94 valence electrons. The summed E-state index contributed by atoms with van der Waals surface area (Å²) in [5, 5.41) is 21.3. The summed E-state index contributed by atoms with van der Waals surface area (Å²) < 4.78 is 2.40. The molecule has 0 amide bonds. The maximum Gasteiger partial charge on any atom is 0.271 e. The number of benzene rings is 1. The third-order valence-corrected chi connectivity index (χ3v) is 3.12. The normalized spacial score (nSPS) is 10.3. The lowest BCUT2D eigenvalue weighted by molar-refractivity contribution is -0.384. The number of rotatable bonds is 4. The highest BCUT2D eigenvalue weighted by atomic mass is 79.9. The van der Waals surface area contributed by atoms with Crippen LogP contribution in [0.25, 0.3) is 0 Å². The lowest BCUT2D eigenvalue weighted by atomic mass is 10.3. The molecule has 0 fully saturated rings. The van der Waals surface area contributed by atoms with Gasteiger partial charge in [0, 0.05) is 23.7 Å². The highest BCUT2D eigenvalue weighted by Gasteiger charge is 2.09. The van der Waals surface area contributed by atoms with Crippen LogP contribution in [0.2, 0.25) is 0 Å². The third-order valence-electron chi connectivity index (χ3n) is 2.43. The number of halogens is 1. The fraction of sp³-hybridized carbons (Fsp3) is 0.200. The highest BCUT2D eigenvalue weighted by molar-refractivity contribution is 9.10. The van der Waals surface area contributed by atoms with Gasteiger partial charge in [0.05, 0.1) is 29.0 Å². The second kappa shape index (κ2) is 5.13. The van der Waals surface area contributed by atoms with Crippen molar-refractivity contribution in [1.29, 1.82) is 0 Å². The lowest BCUT2D eigenvalue weighted by Gasteiger charge is -2.08. The first-order valence-corrected chi connectivity index (χ1v) is 5.88. The van der Waals surface area contributed by atoms with E-state index in [2.05, 4.69) is 31.6 Å². The Bertz CT molecular complexity index is 583. The van der Waals surface area contributed by atoms with E-state index in [4.69, 9.17) is 0 Å². The Morgan fingerprint density at radius 3 is 2.94 bits per heavy atom. The Morgan fingerprint density at radius 2 is 2.33 bits per heavy atom. The number of non-ortho nitro benzene ring substituents is 1. The van der Waals surface area contributed by atoms with Gasteiger partial charge in [0.2, 0.25) is 0 Å². The van der Waals surface area contributed by atoms with Gasteiger partial charge in [-0.2, -0.15) is 0 Å². The van der Waals surface area contributed by atoms with Crippen LogP contribution in [0.15, 0.2) is 28.9 Å². The molecule has 0 aliphatic rings. The van der Waals surface area contributed by atoms with Crippen molar-refractivity contribution < 1.29 is 4.92 Å². The molecule has 0 radical (unpaired) electrons. The molecule has 0 spiro atoms. The molecule has 8 heteroatoms. The summed E-state index contributed by atoms with van der Waals surface area (Å²) in [4.78, 5) is 10.3. The second-order valence-corrected chi connectivity index (χ2v) is 4.48. The van der Waals surface area contributed by atoms with E-state index in [0.717, 1.165) is 10.2 Å². The van der Waals surface area contributed by atoms with E-state index < -0.39 is 4.92 Å². The number of nitro benzene ring substituents is 1. The number of nitro groups is 1. The van der Waals surface area contributed by atoms with Crippen molar-refractivity contribution >= 4 is 27.3 Å². The van der Waals surface area contributed by atoms with Crippen molar-refractivity contribution in [3.05, 3.63) is 44.7 Å². The predicted molar refractivity (Wildman–Crippen MR) is 69.1 cm³/mol. The summed E-state index contributed by atoms with van der Waals surface area (Å²) in [6, 6.07) is 4.57. The second-order valence-electron chi connectivity index (χ2n) is 3.62. The van der Waals surface area contributed by atoms with Gasteiger partial charge in [-0.3, -0.25) is 14.8 Å². The Kier molecular flexibility index (Phi) is 3.56. The number of nitrogens with zero attached hydrogens (tertiary/aromatic N) is 4. The van der Waals surface area contributed by atoms with Crippen LogP contribution in [0.1, 0.15) is 5.69 Å². The Balaban J connectivity index is 2.16. The summed E-state index contributed by atoms with van der Waals surface area (Å²) in [5.41, 5.74) is 1.59. The molecule has 0 bridgehead atoms. The molecular formula is C10H10BrN5O2. The number of anilines is 1. The Morgan fingerprint density at radius 1 is 1.56 bits per heavy atom. The minimum atomic E-state index is -0.427.